The summed E-state index contributed by atoms with van der Waals surface area (Å²) in [6.45, 7) is 9.18. The SMILES string of the molecule is CCOc1ccc(-n2c(C)c3c(C)nnc(CC4CCCC4)c3c2C)cc1. The summed E-state index contributed by atoms with van der Waals surface area (Å²) >= 11 is 0. The molecule has 0 saturated heterocycles. The van der Waals surface area contributed by atoms with Crippen molar-refractivity contribution in [1.82, 2.24) is 14.8 Å². The number of hydrogen-bond donors (Lipinski definition) is 0. The van der Waals surface area contributed by atoms with Gasteiger partial charge in [-0.25, -0.2) is 0 Å². The van der Waals surface area contributed by atoms with Gasteiger partial charge in [-0.15, -0.1) is 0 Å². The van der Waals surface area contributed by atoms with Crippen LogP contribution in [0.1, 0.15) is 55.4 Å². The highest BCUT2D eigenvalue weighted by atomic mass is 16.5. The maximum atomic E-state index is 5.60. The predicted octanol–water partition coefficient (Wildman–Crippen LogP) is 5.48. The van der Waals surface area contributed by atoms with Gasteiger partial charge in [0.05, 0.1) is 18.0 Å². The van der Waals surface area contributed by atoms with E-state index < -0.39 is 0 Å². The van der Waals surface area contributed by atoms with Crippen molar-refractivity contribution in [2.75, 3.05) is 6.61 Å². The summed E-state index contributed by atoms with van der Waals surface area (Å²) in [7, 11) is 0. The largest absolute Gasteiger partial charge is 0.494 e. The lowest BCUT2D eigenvalue weighted by Crippen LogP contribution is -2.04. The summed E-state index contributed by atoms with van der Waals surface area (Å²) in [5.41, 5.74) is 5.86. The molecule has 1 aliphatic rings. The van der Waals surface area contributed by atoms with E-state index in [4.69, 9.17) is 4.74 Å². The van der Waals surface area contributed by atoms with Gasteiger partial charge in [-0.05, 0) is 64.3 Å². The van der Waals surface area contributed by atoms with Crippen molar-refractivity contribution in [3.63, 3.8) is 0 Å². The third-order valence-corrected chi connectivity index (χ3v) is 5.98. The van der Waals surface area contributed by atoms with Crippen LogP contribution in [0.5, 0.6) is 5.75 Å². The minimum Gasteiger partial charge on any atom is -0.494 e. The van der Waals surface area contributed by atoms with Crippen LogP contribution >= 0.6 is 0 Å². The van der Waals surface area contributed by atoms with Crippen LogP contribution in [0.4, 0.5) is 0 Å². The molecule has 0 spiro atoms. The molecular formula is C23H29N3O. The Labute approximate surface area is 161 Å². The first-order chi connectivity index (χ1) is 13.1. The number of aryl methyl sites for hydroxylation is 3. The second-order valence-electron chi connectivity index (χ2n) is 7.77. The zero-order valence-corrected chi connectivity index (χ0v) is 16.9. The molecule has 0 amide bonds. The molecule has 142 valence electrons. The Kier molecular flexibility index (Phi) is 4.90. The highest BCUT2D eigenvalue weighted by Gasteiger charge is 2.22. The maximum Gasteiger partial charge on any atom is 0.119 e. The van der Waals surface area contributed by atoms with Crippen LogP contribution in [-0.4, -0.2) is 21.4 Å². The molecule has 4 heteroatoms. The molecule has 1 aliphatic carbocycles. The summed E-state index contributed by atoms with van der Waals surface area (Å²) in [5.74, 6) is 1.67. The van der Waals surface area contributed by atoms with E-state index >= 15 is 0 Å². The molecule has 0 unspecified atom stereocenters. The number of hydrogen-bond acceptors (Lipinski definition) is 3. The highest BCUT2D eigenvalue weighted by molar-refractivity contribution is 5.92. The molecule has 1 fully saturated rings. The van der Waals surface area contributed by atoms with Crippen LogP contribution in [0, 0.1) is 26.7 Å². The average Bonchev–Trinajstić information content (AvgIpc) is 3.26. The summed E-state index contributed by atoms with van der Waals surface area (Å²) in [5, 5.41) is 11.7. The molecule has 3 aromatic rings. The fourth-order valence-electron chi connectivity index (χ4n) is 4.74. The molecule has 0 radical (unpaired) electrons. The molecule has 2 heterocycles. The van der Waals surface area contributed by atoms with Crippen LogP contribution in [-0.2, 0) is 6.42 Å². The van der Waals surface area contributed by atoms with Gasteiger partial charge in [0.1, 0.15) is 5.75 Å². The third kappa shape index (κ3) is 3.22. The number of rotatable bonds is 5. The van der Waals surface area contributed by atoms with Crippen molar-refractivity contribution in [2.24, 2.45) is 5.92 Å². The number of aromatic nitrogens is 3. The van der Waals surface area contributed by atoms with E-state index in [-0.39, 0.29) is 0 Å². The molecule has 4 rings (SSSR count). The molecule has 27 heavy (non-hydrogen) atoms. The fraction of sp³-hybridized carbons (Fsp3) is 0.478. The van der Waals surface area contributed by atoms with Gasteiger partial charge in [-0.3, -0.25) is 0 Å². The smallest absolute Gasteiger partial charge is 0.119 e. The van der Waals surface area contributed by atoms with Crippen molar-refractivity contribution in [2.45, 2.75) is 59.8 Å². The fourth-order valence-corrected chi connectivity index (χ4v) is 4.74. The Morgan fingerprint density at radius 1 is 0.963 bits per heavy atom. The topological polar surface area (TPSA) is 39.9 Å². The molecule has 2 aromatic heterocycles. The van der Waals surface area contributed by atoms with Crippen LogP contribution in [0.25, 0.3) is 16.5 Å². The predicted molar refractivity (Wildman–Crippen MR) is 110 cm³/mol. The van der Waals surface area contributed by atoms with E-state index in [1.54, 1.807) is 0 Å². The molecule has 0 bridgehead atoms. The second kappa shape index (κ2) is 7.34. The first-order valence-corrected chi connectivity index (χ1v) is 10.2. The van der Waals surface area contributed by atoms with Crippen molar-refractivity contribution in [1.29, 1.82) is 0 Å². The Morgan fingerprint density at radius 3 is 2.30 bits per heavy atom. The average molecular weight is 364 g/mol. The Hall–Kier alpha value is -2.36. The molecule has 0 N–H and O–H groups in total. The van der Waals surface area contributed by atoms with Crippen molar-refractivity contribution in [3.8, 4) is 11.4 Å². The van der Waals surface area contributed by atoms with Gasteiger partial charge in [-0.1, -0.05) is 25.7 Å². The number of nitrogens with zero attached hydrogens (tertiary/aromatic N) is 3. The number of fused-ring (bicyclic) bond motifs is 1. The van der Waals surface area contributed by atoms with E-state index in [0.29, 0.717) is 6.61 Å². The van der Waals surface area contributed by atoms with Crippen molar-refractivity contribution < 1.29 is 4.74 Å². The third-order valence-electron chi connectivity index (χ3n) is 5.98. The van der Waals surface area contributed by atoms with Crippen LogP contribution in [0.3, 0.4) is 0 Å². The van der Waals surface area contributed by atoms with Gasteiger partial charge in [-0.2, -0.15) is 10.2 Å². The van der Waals surface area contributed by atoms with Crippen molar-refractivity contribution in [3.05, 3.63) is 47.0 Å². The zero-order chi connectivity index (χ0) is 19.0. The number of benzene rings is 1. The zero-order valence-electron chi connectivity index (χ0n) is 16.9. The Morgan fingerprint density at radius 2 is 1.63 bits per heavy atom. The molecule has 1 aromatic carbocycles. The summed E-state index contributed by atoms with van der Waals surface area (Å²) < 4.78 is 7.94. The van der Waals surface area contributed by atoms with Crippen LogP contribution in [0.15, 0.2) is 24.3 Å². The first kappa shape index (κ1) is 18.0. The number of ether oxygens (including phenoxy) is 1. The highest BCUT2D eigenvalue weighted by Crippen LogP contribution is 2.35. The normalized spacial score (nSPS) is 15.0. The van der Waals surface area contributed by atoms with Crippen LogP contribution < -0.4 is 4.74 Å². The van der Waals surface area contributed by atoms with E-state index in [0.717, 1.165) is 29.5 Å². The van der Waals surface area contributed by atoms with Gasteiger partial charge in [0.25, 0.3) is 0 Å². The first-order valence-electron chi connectivity index (χ1n) is 10.2. The lowest BCUT2D eigenvalue weighted by Gasteiger charge is -2.11. The summed E-state index contributed by atoms with van der Waals surface area (Å²) in [6, 6.07) is 8.36. The van der Waals surface area contributed by atoms with Gasteiger partial charge in [0, 0.05) is 27.8 Å². The van der Waals surface area contributed by atoms with Gasteiger partial charge < -0.3 is 9.30 Å². The molecular weight excluding hydrogens is 334 g/mol. The van der Waals surface area contributed by atoms with Crippen molar-refractivity contribution >= 4 is 10.8 Å². The van der Waals surface area contributed by atoms with Gasteiger partial charge in [0.2, 0.25) is 0 Å². The van der Waals surface area contributed by atoms with E-state index in [2.05, 4.69) is 47.7 Å². The van der Waals surface area contributed by atoms with E-state index in [1.165, 1.54) is 53.5 Å². The minimum absolute atomic E-state index is 0.686. The quantitative estimate of drug-likeness (QED) is 0.603. The lowest BCUT2D eigenvalue weighted by atomic mass is 9.98. The monoisotopic (exact) mass is 363 g/mol. The lowest BCUT2D eigenvalue weighted by molar-refractivity contribution is 0.340. The molecule has 0 atom stereocenters. The molecule has 1 saturated carbocycles. The minimum atomic E-state index is 0.686. The second-order valence-corrected chi connectivity index (χ2v) is 7.77. The van der Waals surface area contributed by atoms with E-state index in [1.807, 2.05) is 19.1 Å². The standard InChI is InChI=1S/C23H29N3O/c1-5-27-20-12-10-19(11-13-20)26-16(3)22-15(2)24-25-21(23(22)17(26)4)14-18-8-6-7-9-18/h10-13,18H,5-9,14H2,1-4H3. The Balaban J connectivity index is 1.83. The van der Waals surface area contributed by atoms with Gasteiger partial charge in [0.15, 0.2) is 0 Å². The Bertz CT molecular complexity index is 950. The summed E-state index contributed by atoms with van der Waals surface area (Å²) in [4.78, 5) is 0. The molecule has 0 aliphatic heterocycles. The molecule has 4 nitrogen and oxygen atoms in total. The maximum absolute atomic E-state index is 5.60. The summed E-state index contributed by atoms with van der Waals surface area (Å²) in [6.07, 6.45) is 6.43. The van der Waals surface area contributed by atoms with Gasteiger partial charge >= 0.3 is 0 Å². The van der Waals surface area contributed by atoms with Crippen LogP contribution in [0.2, 0.25) is 0 Å². The van der Waals surface area contributed by atoms with E-state index in [9.17, 15) is 0 Å².